The van der Waals surface area contributed by atoms with Crippen molar-refractivity contribution in [1.29, 1.82) is 0 Å². The highest BCUT2D eigenvalue weighted by Gasteiger charge is 2.33. The van der Waals surface area contributed by atoms with E-state index in [0.717, 1.165) is 5.69 Å². The van der Waals surface area contributed by atoms with Gasteiger partial charge in [-0.2, -0.15) is 0 Å². The summed E-state index contributed by atoms with van der Waals surface area (Å²) in [5.41, 5.74) is 7.50. The molecule has 0 radical (unpaired) electrons. The number of carbonyl (C=O) groups is 2. The lowest BCUT2D eigenvalue weighted by Crippen LogP contribution is -2.41. The van der Waals surface area contributed by atoms with Crippen LogP contribution in [0.3, 0.4) is 0 Å². The number of hydrogen-bond acceptors (Lipinski definition) is 7. The molecular weight excluding hydrogens is 416 g/mol. The third-order valence-electron chi connectivity index (χ3n) is 4.74. The molecule has 0 saturated carbocycles. The van der Waals surface area contributed by atoms with Crippen LogP contribution < -0.4 is 20.9 Å². The Hall–Kier alpha value is -1.94. The minimum absolute atomic E-state index is 0.00320. The number of cyclic esters (lactones) is 1. The predicted molar refractivity (Wildman–Crippen MR) is 115 cm³/mol. The number of aliphatic hydroxyl groups excluding tert-OH is 1. The van der Waals surface area contributed by atoms with E-state index in [2.05, 4.69) is 5.32 Å². The van der Waals surface area contributed by atoms with E-state index in [4.69, 9.17) is 22.1 Å². The van der Waals surface area contributed by atoms with Gasteiger partial charge in [-0.15, -0.1) is 11.8 Å². The second-order valence-corrected chi connectivity index (χ2v) is 8.76. The van der Waals surface area contributed by atoms with Gasteiger partial charge in [-0.05, 0) is 37.6 Å². The maximum atomic E-state index is 12.3. The molecule has 0 bridgehead atoms. The van der Waals surface area contributed by atoms with Gasteiger partial charge < -0.3 is 25.8 Å². The summed E-state index contributed by atoms with van der Waals surface area (Å²) in [6.45, 7) is 2.86. The number of carbonyl (C=O) groups excluding carboxylic acids is 2. The number of amides is 2. The number of nitrogens with zero attached hydrogens (tertiary/aromatic N) is 2. The number of hydrogen-bond donors (Lipinski definition) is 3. The average molecular weight is 441 g/mol. The Morgan fingerprint density at radius 3 is 2.79 bits per heavy atom. The summed E-state index contributed by atoms with van der Waals surface area (Å²) >= 11 is 7.23. The summed E-state index contributed by atoms with van der Waals surface area (Å²) in [4.78, 5) is 27.8. The summed E-state index contributed by atoms with van der Waals surface area (Å²) in [6.07, 6.45) is 1.31. The molecule has 2 amide bonds. The number of nitrogens with one attached hydrogen (secondary N) is 1. The van der Waals surface area contributed by atoms with Gasteiger partial charge in [0.25, 0.3) is 0 Å². The van der Waals surface area contributed by atoms with Crippen LogP contribution in [0.15, 0.2) is 34.7 Å². The Labute approximate surface area is 179 Å². The Morgan fingerprint density at radius 2 is 2.21 bits per heavy atom. The molecule has 2 aliphatic heterocycles. The summed E-state index contributed by atoms with van der Waals surface area (Å²) in [5.74, 6) is -0.111. The lowest BCUT2D eigenvalue weighted by molar-refractivity contribution is -0.120. The number of benzene rings is 1. The summed E-state index contributed by atoms with van der Waals surface area (Å²) in [6, 6.07) is 7.33. The van der Waals surface area contributed by atoms with Crippen molar-refractivity contribution in [2.75, 3.05) is 36.0 Å². The monoisotopic (exact) mass is 440 g/mol. The maximum Gasteiger partial charge on any atom is 0.414 e. The molecule has 8 nitrogen and oxygen atoms in total. The third-order valence-corrected chi connectivity index (χ3v) is 6.25. The normalized spacial score (nSPS) is 22.3. The van der Waals surface area contributed by atoms with E-state index in [1.54, 1.807) is 0 Å². The first-order valence-corrected chi connectivity index (χ1v) is 10.7. The second-order valence-electron chi connectivity index (χ2n) is 6.89. The molecule has 2 heterocycles. The number of nitrogens with two attached hydrogens (primary N) is 1. The highest BCUT2D eigenvalue weighted by atomic mass is 35.5. The number of anilines is 2. The minimum Gasteiger partial charge on any atom is -0.442 e. The molecule has 4 N–H and O–H groups in total. The largest absolute Gasteiger partial charge is 0.442 e. The Morgan fingerprint density at radius 1 is 1.48 bits per heavy atom. The zero-order valence-corrected chi connectivity index (χ0v) is 17.7. The van der Waals surface area contributed by atoms with Crippen LogP contribution in [0, 0.1) is 0 Å². The molecule has 2 aliphatic rings. The summed E-state index contributed by atoms with van der Waals surface area (Å²) in [7, 11) is 0. The Kier molecular flexibility index (Phi) is 7.28. The Bertz CT molecular complexity index is 774. The van der Waals surface area contributed by atoms with Gasteiger partial charge in [-0.3, -0.25) is 9.69 Å². The van der Waals surface area contributed by atoms with Crippen molar-refractivity contribution in [3.8, 4) is 0 Å². The molecule has 3 unspecified atom stereocenters. The fourth-order valence-corrected chi connectivity index (χ4v) is 4.52. The first kappa shape index (κ1) is 21.8. The van der Waals surface area contributed by atoms with Crippen molar-refractivity contribution >= 4 is 46.7 Å². The highest BCUT2D eigenvalue weighted by molar-refractivity contribution is 8.06. The van der Waals surface area contributed by atoms with Crippen molar-refractivity contribution in [3.63, 3.8) is 0 Å². The van der Waals surface area contributed by atoms with Crippen LogP contribution in [0.5, 0.6) is 0 Å². The lowest BCUT2D eigenvalue weighted by atomic mass is 10.2. The molecule has 3 rings (SSSR count). The van der Waals surface area contributed by atoms with Gasteiger partial charge in [-0.25, -0.2) is 4.79 Å². The van der Waals surface area contributed by atoms with Crippen molar-refractivity contribution in [2.45, 2.75) is 30.9 Å². The van der Waals surface area contributed by atoms with Crippen LogP contribution in [-0.4, -0.2) is 60.9 Å². The van der Waals surface area contributed by atoms with Crippen LogP contribution in [0.1, 0.15) is 13.3 Å². The number of ether oxygens (including phenoxy) is 1. The van der Waals surface area contributed by atoms with Gasteiger partial charge in [-0.1, -0.05) is 17.7 Å². The predicted octanol–water partition coefficient (Wildman–Crippen LogP) is 1.82. The SMILES string of the molecule is CC(N)N(CCO)c1ccc(N2CC(CNC(=O)C3CC=C(Cl)S3)OC2=O)cc1. The smallest absolute Gasteiger partial charge is 0.414 e. The first-order valence-electron chi connectivity index (χ1n) is 9.40. The Balaban J connectivity index is 1.55. The van der Waals surface area contributed by atoms with Gasteiger partial charge in [0.15, 0.2) is 0 Å². The topological polar surface area (TPSA) is 108 Å². The fourth-order valence-electron chi connectivity index (χ4n) is 3.26. The highest BCUT2D eigenvalue weighted by Crippen LogP contribution is 2.34. The molecule has 158 valence electrons. The quantitative estimate of drug-likeness (QED) is 0.529. The van der Waals surface area contributed by atoms with E-state index in [1.165, 1.54) is 16.7 Å². The van der Waals surface area contributed by atoms with Gasteiger partial charge >= 0.3 is 6.09 Å². The molecule has 0 aliphatic carbocycles. The van der Waals surface area contributed by atoms with E-state index in [-0.39, 0.29) is 30.5 Å². The third kappa shape index (κ3) is 5.36. The van der Waals surface area contributed by atoms with Crippen molar-refractivity contribution in [3.05, 3.63) is 34.7 Å². The van der Waals surface area contributed by atoms with E-state index < -0.39 is 12.2 Å². The number of aliphatic hydroxyl groups is 1. The summed E-state index contributed by atoms with van der Waals surface area (Å²) < 4.78 is 6.01. The number of rotatable bonds is 8. The first-order chi connectivity index (χ1) is 13.9. The zero-order chi connectivity index (χ0) is 21.0. The molecular formula is C19H25ClN4O4S. The lowest BCUT2D eigenvalue weighted by Gasteiger charge is -2.28. The maximum absolute atomic E-state index is 12.3. The van der Waals surface area contributed by atoms with Crippen LogP contribution in [-0.2, 0) is 9.53 Å². The fraction of sp³-hybridized carbons (Fsp3) is 0.474. The molecule has 1 aromatic rings. The van der Waals surface area contributed by atoms with Crippen molar-refractivity contribution in [2.24, 2.45) is 5.73 Å². The number of thioether (sulfide) groups is 1. The second kappa shape index (κ2) is 9.71. The van der Waals surface area contributed by atoms with Gasteiger partial charge in [0.05, 0.1) is 35.5 Å². The van der Waals surface area contributed by atoms with E-state index in [1.807, 2.05) is 42.2 Å². The standard InChI is InChI=1S/C19H25ClN4O4S/c1-12(21)23(8-9-25)13-2-4-14(5-3-13)24-11-15(28-19(24)27)10-22-18(26)16-6-7-17(20)29-16/h2-5,7,12,15-16,25H,6,8-11,21H2,1H3,(H,22,26). The molecule has 3 atom stereocenters. The molecule has 10 heteroatoms. The zero-order valence-electron chi connectivity index (χ0n) is 16.1. The van der Waals surface area contributed by atoms with Crippen LogP contribution >= 0.6 is 23.4 Å². The van der Waals surface area contributed by atoms with Crippen LogP contribution in [0.4, 0.5) is 16.2 Å². The van der Waals surface area contributed by atoms with Crippen LogP contribution in [0.25, 0.3) is 0 Å². The van der Waals surface area contributed by atoms with Gasteiger partial charge in [0.1, 0.15) is 6.10 Å². The molecule has 1 fully saturated rings. The molecule has 29 heavy (non-hydrogen) atoms. The molecule has 0 spiro atoms. The summed E-state index contributed by atoms with van der Waals surface area (Å²) in [5, 5.41) is 11.8. The average Bonchev–Trinajstić information content (AvgIpc) is 3.30. The van der Waals surface area contributed by atoms with Gasteiger partial charge in [0.2, 0.25) is 5.91 Å². The number of allylic oxidation sites excluding steroid dienone is 1. The van der Waals surface area contributed by atoms with Gasteiger partial charge in [0, 0.05) is 17.9 Å². The number of halogens is 1. The van der Waals surface area contributed by atoms with Crippen molar-refractivity contribution in [1.82, 2.24) is 5.32 Å². The van der Waals surface area contributed by atoms with Crippen molar-refractivity contribution < 1.29 is 19.4 Å². The molecule has 1 saturated heterocycles. The molecule has 0 aromatic heterocycles. The van der Waals surface area contributed by atoms with Crippen LogP contribution in [0.2, 0.25) is 0 Å². The molecule has 1 aromatic carbocycles. The minimum atomic E-state index is -0.448. The van der Waals surface area contributed by atoms with E-state index in [0.29, 0.717) is 29.6 Å². The van der Waals surface area contributed by atoms with E-state index in [9.17, 15) is 14.7 Å². The van der Waals surface area contributed by atoms with E-state index >= 15 is 0 Å².